The number of aromatic nitrogens is 2. The summed E-state index contributed by atoms with van der Waals surface area (Å²) >= 11 is 6.42. The summed E-state index contributed by atoms with van der Waals surface area (Å²) in [6.45, 7) is 0. The second-order valence-corrected chi connectivity index (χ2v) is 12.4. The van der Waals surface area contributed by atoms with Gasteiger partial charge in [-0.2, -0.15) is 0 Å². The quantitative estimate of drug-likeness (QED) is 0.605. The van der Waals surface area contributed by atoms with E-state index in [-0.39, 0.29) is 11.1 Å². The van der Waals surface area contributed by atoms with Crippen molar-refractivity contribution in [2.75, 3.05) is 10.6 Å². The van der Waals surface area contributed by atoms with Crippen LogP contribution < -0.4 is 10.6 Å². The highest BCUT2D eigenvalue weighted by Crippen LogP contribution is 2.58. The van der Waals surface area contributed by atoms with Crippen molar-refractivity contribution in [1.29, 1.82) is 0 Å². The van der Waals surface area contributed by atoms with E-state index in [1.54, 1.807) is 0 Å². The molecule has 4 nitrogen and oxygen atoms in total. The largest absolute Gasteiger partial charge is 0.364 e. The van der Waals surface area contributed by atoms with Crippen LogP contribution in [0.1, 0.15) is 77.0 Å². The molecule has 0 unspecified atom stereocenters. The standard InChI is InChI=1S/C24H33ClN4/c25-22-26-20(28-23-8-14-1-15(9-23)3-16(2-14)10-23)7-21(27-22)29-24-11-17-4-18(12-24)6-19(5-17)13-24/h7,14-19H,1-6,8-13H2,(H2,26,27,28,29). The van der Waals surface area contributed by atoms with E-state index >= 15 is 0 Å². The SMILES string of the molecule is Clc1nc(NC23CC4CC(CC(C4)C2)C3)cc(NC23CC4CC(CC(C4)C2)C3)n1. The Morgan fingerprint density at radius 1 is 0.621 bits per heavy atom. The van der Waals surface area contributed by atoms with Crippen molar-refractivity contribution in [2.45, 2.75) is 88.1 Å². The molecule has 0 aromatic carbocycles. The summed E-state index contributed by atoms with van der Waals surface area (Å²) in [6.07, 6.45) is 16.7. The van der Waals surface area contributed by atoms with Crippen molar-refractivity contribution in [2.24, 2.45) is 35.5 Å². The van der Waals surface area contributed by atoms with E-state index in [2.05, 4.69) is 26.7 Å². The summed E-state index contributed by atoms with van der Waals surface area (Å²) in [5.41, 5.74) is 0.509. The molecule has 156 valence electrons. The average molecular weight is 413 g/mol. The van der Waals surface area contributed by atoms with Gasteiger partial charge in [0, 0.05) is 17.1 Å². The van der Waals surface area contributed by atoms with Crippen LogP contribution in [0.2, 0.25) is 5.28 Å². The van der Waals surface area contributed by atoms with Crippen LogP contribution in [0.3, 0.4) is 0 Å². The number of halogens is 1. The van der Waals surface area contributed by atoms with Crippen LogP contribution >= 0.6 is 11.6 Å². The molecular formula is C24H33ClN4. The van der Waals surface area contributed by atoms with Crippen LogP contribution in [-0.2, 0) is 0 Å². The normalized spacial score (nSPS) is 48.9. The minimum absolute atomic E-state index is 0.254. The van der Waals surface area contributed by atoms with Crippen LogP contribution in [0.15, 0.2) is 6.07 Å². The van der Waals surface area contributed by atoms with Gasteiger partial charge in [-0.05, 0) is 124 Å². The molecule has 8 bridgehead atoms. The minimum atomic E-state index is 0.254. The van der Waals surface area contributed by atoms with Crippen molar-refractivity contribution in [3.63, 3.8) is 0 Å². The minimum Gasteiger partial charge on any atom is -0.364 e. The fourth-order valence-electron chi connectivity index (χ4n) is 9.62. The monoisotopic (exact) mass is 412 g/mol. The van der Waals surface area contributed by atoms with Gasteiger partial charge in [-0.25, -0.2) is 9.97 Å². The van der Waals surface area contributed by atoms with Crippen LogP contribution in [0.25, 0.3) is 0 Å². The van der Waals surface area contributed by atoms with Gasteiger partial charge in [-0.1, -0.05) is 0 Å². The number of nitrogens with one attached hydrogen (secondary N) is 2. The summed E-state index contributed by atoms with van der Waals surface area (Å²) in [5.74, 6) is 7.45. The summed E-state index contributed by atoms with van der Waals surface area (Å²) in [6, 6.07) is 2.16. The maximum Gasteiger partial charge on any atom is 0.226 e. The molecular weight excluding hydrogens is 380 g/mol. The van der Waals surface area contributed by atoms with Crippen molar-refractivity contribution in [3.8, 4) is 0 Å². The predicted octanol–water partition coefficient (Wildman–Crippen LogP) is 5.89. The Labute approximate surface area is 179 Å². The second-order valence-electron chi connectivity index (χ2n) is 12.1. The summed E-state index contributed by atoms with van der Waals surface area (Å²) in [7, 11) is 0. The molecule has 0 atom stereocenters. The molecule has 29 heavy (non-hydrogen) atoms. The Balaban J connectivity index is 1.14. The van der Waals surface area contributed by atoms with Crippen molar-refractivity contribution >= 4 is 23.2 Å². The lowest BCUT2D eigenvalue weighted by Crippen LogP contribution is -2.55. The van der Waals surface area contributed by atoms with E-state index in [1.807, 2.05) is 0 Å². The number of nitrogens with zero attached hydrogens (tertiary/aromatic N) is 2. The molecule has 2 N–H and O–H groups in total. The zero-order chi connectivity index (χ0) is 19.2. The van der Waals surface area contributed by atoms with E-state index in [9.17, 15) is 0 Å². The van der Waals surface area contributed by atoms with Gasteiger partial charge in [0.15, 0.2) is 0 Å². The topological polar surface area (TPSA) is 49.8 Å². The highest BCUT2D eigenvalue weighted by atomic mass is 35.5. The molecule has 8 aliphatic rings. The molecule has 8 aliphatic carbocycles. The number of anilines is 2. The maximum absolute atomic E-state index is 6.42. The predicted molar refractivity (Wildman–Crippen MR) is 116 cm³/mol. The zero-order valence-electron chi connectivity index (χ0n) is 17.3. The van der Waals surface area contributed by atoms with Gasteiger partial charge >= 0.3 is 0 Å². The van der Waals surface area contributed by atoms with Crippen LogP contribution in [-0.4, -0.2) is 21.0 Å². The van der Waals surface area contributed by atoms with Gasteiger partial charge < -0.3 is 10.6 Å². The Morgan fingerprint density at radius 2 is 0.931 bits per heavy atom. The van der Waals surface area contributed by atoms with Gasteiger partial charge in [0.25, 0.3) is 0 Å². The van der Waals surface area contributed by atoms with Crippen LogP contribution in [0.4, 0.5) is 11.6 Å². The molecule has 9 rings (SSSR count). The summed E-state index contributed by atoms with van der Waals surface area (Å²) in [5, 5.41) is 8.18. The molecule has 0 spiro atoms. The fraction of sp³-hybridized carbons (Fsp3) is 0.833. The number of hydrogen-bond donors (Lipinski definition) is 2. The first-order chi connectivity index (χ1) is 14.0. The molecule has 5 heteroatoms. The van der Waals surface area contributed by atoms with E-state index in [0.29, 0.717) is 5.28 Å². The molecule has 0 saturated heterocycles. The van der Waals surface area contributed by atoms with Gasteiger partial charge in [-0.3, -0.25) is 0 Å². The molecule has 8 saturated carbocycles. The first kappa shape index (κ1) is 17.6. The zero-order valence-corrected chi connectivity index (χ0v) is 18.1. The first-order valence-electron chi connectivity index (χ1n) is 12.1. The van der Waals surface area contributed by atoms with Gasteiger partial charge in [0.2, 0.25) is 5.28 Å². The Morgan fingerprint density at radius 3 is 1.24 bits per heavy atom. The van der Waals surface area contributed by atoms with Gasteiger partial charge in [-0.15, -0.1) is 0 Å². The Hall–Kier alpha value is -1.03. The van der Waals surface area contributed by atoms with Crippen molar-refractivity contribution < 1.29 is 0 Å². The lowest BCUT2D eigenvalue weighted by atomic mass is 9.53. The third-order valence-electron chi connectivity index (χ3n) is 9.56. The molecule has 0 radical (unpaired) electrons. The molecule has 0 amide bonds. The van der Waals surface area contributed by atoms with Crippen LogP contribution in [0.5, 0.6) is 0 Å². The molecule has 1 aromatic heterocycles. The van der Waals surface area contributed by atoms with E-state index < -0.39 is 0 Å². The highest BCUT2D eigenvalue weighted by Gasteiger charge is 2.52. The third kappa shape index (κ3) is 2.99. The summed E-state index contributed by atoms with van der Waals surface area (Å²) in [4.78, 5) is 9.21. The maximum atomic E-state index is 6.42. The third-order valence-corrected chi connectivity index (χ3v) is 9.73. The summed E-state index contributed by atoms with van der Waals surface area (Å²) < 4.78 is 0. The number of rotatable bonds is 4. The Kier molecular flexibility index (Phi) is 3.66. The van der Waals surface area contributed by atoms with E-state index in [1.165, 1.54) is 77.0 Å². The molecule has 1 heterocycles. The van der Waals surface area contributed by atoms with Gasteiger partial charge in [0.1, 0.15) is 11.6 Å². The Bertz CT molecular complexity index is 701. The van der Waals surface area contributed by atoms with Gasteiger partial charge in [0.05, 0.1) is 0 Å². The van der Waals surface area contributed by atoms with Crippen molar-refractivity contribution in [1.82, 2.24) is 9.97 Å². The molecule has 1 aromatic rings. The average Bonchev–Trinajstić information content (AvgIpc) is 2.57. The van der Waals surface area contributed by atoms with Crippen molar-refractivity contribution in [3.05, 3.63) is 11.3 Å². The van der Waals surface area contributed by atoms with E-state index in [4.69, 9.17) is 11.6 Å². The molecule has 8 fully saturated rings. The first-order valence-corrected chi connectivity index (χ1v) is 12.5. The van der Waals surface area contributed by atoms with E-state index in [0.717, 1.165) is 47.1 Å². The lowest BCUT2D eigenvalue weighted by Gasteiger charge is -2.57. The second kappa shape index (κ2) is 6.02. The highest BCUT2D eigenvalue weighted by molar-refractivity contribution is 6.28. The smallest absolute Gasteiger partial charge is 0.226 e. The number of hydrogen-bond acceptors (Lipinski definition) is 4. The lowest BCUT2D eigenvalue weighted by molar-refractivity contribution is 0.0104. The van der Waals surface area contributed by atoms with Crippen LogP contribution in [0, 0.1) is 35.5 Å². The fourth-order valence-corrected chi connectivity index (χ4v) is 9.80. The molecule has 0 aliphatic heterocycles.